The summed E-state index contributed by atoms with van der Waals surface area (Å²) in [6, 6.07) is 12.0. The number of benzene rings is 2. The molecule has 0 aromatic heterocycles. The fourth-order valence-corrected chi connectivity index (χ4v) is 3.97. The number of hydrogen-bond donors (Lipinski definition) is 1. The zero-order chi connectivity index (χ0) is 17.5. The van der Waals surface area contributed by atoms with Gasteiger partial charge in [0.05, 0.1) is 6.10 Å². The van der Waals surface area contributed by atoms with Crippen molar-refractivity contribution in [2.75, 3.05) is 26.7 Å². The second-order valence-corrected chi connectivity index (χ2v) is 7.00. The molecule has 26 heavy (non-hydrogen) atoms. The molecule has 0 saturated carbocycles. The number of ether oxygens (including phenoxy) is 4. The number of likely N-dealkylation sites (tertiary alicyclic amines) is 1. The summed E-state index contributed by atoms with van der Waals surface area (Å²) in [7, 11) is 0. The van der Waals surface area contributed by atoms with Crippen molar-refractivity contribution in [2.45, 2.75) is 25.0 Å². The molecule has 0 radical (unpaired) electrons. The summed E-state index contributed by atoms with van der Waals surface area (Å²) < 4.78 is 21.6. The van der Waals surface area contributed by atoms with E-state index < -0.39 is 6.10 Å². The summed E-state index contributed by atoms with van der Waals surface area (Å²) >= 11 is 0. The van der Waals surface area contributed by atoms with Gasteiger partial charge in [-0.15, -0.1) is 0 Å². The monoisotopic (exact) mass is 355 g/mol. The number of fused-ring (bicyclic) bond motifs is 2. The van der Waals surface area contributed by atoms with E-state index >= 15 is 0 Å². The largest absolute Gasteiger partial charge is 0.454 e. The maximum absolute atomic E-state index is 10.7. The number of aliphatic hydroxyl groups is 1. The first kappa shape index (κ1) is 15.8. The standard InChI is InChI=1S/C20H21NO5/c22-16-10-21(9-13-1-3-17-19(7-13)25-11-23-17)6-5-15(16)14-2-4-18-20(8-14)26-12-24-18/h1-4,7-8,15-16,22H,5-6,9-12H2/t15-,16+/m0/s1. The molecule has 1 N–H and O–H groups in total. The summed E-state index contributed by atoms with van der Waals surface area (Å²) in [6.07, 6.45) is 0.504. The second kappa shape index (κ2) is 6.37. The van der Waals surface area contributed by atoms with Crippen molar-refractivity contribution in [1.82, 2.24) is 4.90 Å². The van der Waals surface area contributed by atoms with Gasteiger partial charge in [-0.05, 0) is 48.4 Å². The van der Waals surface area contributed by atoms with Crippen molar-refractivity contribution in [3.8, 4) is 23.0 Å². The molecule has 2 aromatic carbocycles. The number of rotatable bonds is 3. The molecule has 0 aliphatic carbocycles. The van der Waals surface area contributed by atoms with Crippen LogP contribution in [0, 0.1) is 0 Å². The Kier molecular flexibility index (Phi) is 3.87. The molecule has 3 heterocycles. The van der Waals surface area contributed by atoms with Crippen LogP contribution >= 0.6 is 0 Å². The smallest absolute Gasteiger partial charge is 0.231 e. The minimum absolute atomic E-state index is 0.123. The average Bonchev–Trinajstić information content (AvgIpc) is 3.29. The van der Waals surface area contributed by atoms with Crippen molar-refractivity contribution >= 4 is 0 Å². The van der Waals surface area contributed by atoms with Crippen LogP contribution in [0.5, 0.6) is 23.0 Å². The first-order valence-electron chi connectivity index (χ1n) is 8.95. The Hall–Kier alpha value is -2.44. The Morgan fingerprint density at radius 3 is 2.35 bits per heavy atom. The summed E-state index contributed by atoms with van der Waals surface area (Å²) in [6.45, 7) is 2.94. The number of nitrogens with zero attached hydrogens (tertiary/aromatic N) is 1. The molecule has 2 aromatic rings. The molecular formula is C20H21NO5. The van der Waals surface area contributed by atoms with Crippen molar-refractivity contribution in [3.63, 3.8) is 0 Å². The highest BCUT2D eigenvalue weighted by molar-refractivity contribution is 5.46. The van der Waals surface area contributed by atoms with Gasteiger partial charge >= 0.3 is 0 Å². The van der Waals surface area contributed by atoms with Gasteiger partial charge in [0, 0.05) is 19.0 Å². The summed E-state index contributed by atoms with van der Waals surface area (Å²) in [4.78, 5) is 2.28. The van der Waals surface area contributed by atoms with Crippen LogP contribution in [0.25, 0.3) is 0 Å². The molecule has 0 bridgehead atoms. The normalized spacial score (nSPS) is 24.0. The van der Waals surface area contributed by atoms with Crippen LogP contribution in [0.1, 0.15) is 23.5 Å². The van der Waals surface area contributed by atoms with Crippen LogP contribution < -0.4 is 18.9 Å². The molecule has 0 spiro atoms. The van der Waals surface area contributed by atoms with Gasteiger partial charge in [-0.25, -0.2) is 0 Å². The van der Waals surface area contributed by atoms with Crippen LogP contribution in [0.2, 0.25) is 0 Å². The van der Waals surface area contributed by atoms with Gasteiger partial charge in [0.25, 0.3) is 0 Å². The Labute approximate surface area is 151 Å². The van der Waals surface area contributed by atoms with Crippen molar-refractivity contribution in [1.29, 1.82) is 0 Å². The van der Waals surface area contributed by atoms with Gasteiger partial charge in [0.1, 0.15) is 0 Å². The summed E-state index contributed by atoms with van der Waals surface area (Å²) in [5.41, 5.74) is 2.28. The quantitative estimate of drug-likeness (QED) is 0.913. The SMILES string of the molecule is O[C@@H]1CN(Cc2ccc3c(c2)OCO3)CC[C@H]1c1ccc2c(c1)OCO2. The first-order valence-corrected chi connectivity index (χ1v) is 8.95. The van der Waals surface area contributed by atoms with E-state index in [0.29, 0.717) is 13.3 Å². The summed E-state index contributed by atoms with van der Waals surface area (Å²) in [5, 5.41) is 10.7. The Morgan fingerprint density at radius 2 is 1.58 bits per heavy atom. The molecule has 1 saturated heterocycles. The molecule has 136 valence electrons. The minimum Gasteiger partial charge on any atom is -0.454 e. The number of piperidine rings is 1. The van der Waals surface area contributed by atoms with Gasteiger partial charge in [-0.2, -0.15) is 0 Å². The molecule has 3 aliphatic heterocycles. The number of β-amino-alcohol motifs (C(OH)–C–C–N with tert-alkyl or cyclic N) is 1. The van der Waals surface area contributed by atoms with E-state index in [0.717, 1.165) is 48.1 Å². The predicted octanol–water partition coefficient (Wildman–Crippen LogP) is 2.49. The Balaban J connectivity index is 1.25. The van der Waals surface area contributed by atoms with Crippen LogP contribution in [0.15, 0.2) is 36.4 Å². The van der Waals surface area contributed by atoms with Crippen LogP contribution in [-0.2, 0) is 6.54 Å². The maximum Gasteiger partial charge on any atom is 0.231 e. The average molecular weight is 355 g/mol. The van der Waals surface area contributed by atoms with Crippen LogP contribution in [0.3, 0.4) is 0 Å². The van der Waals surface area contributed by atoms with E-state index in [1.807, 2.05) is 30.3 Å². The third-order valence-corrected chi connectivity index (χ3v) is 5.33. The highest BCUT2D eigenvalue weighted by Gasteiger charge is 2.30. The number of hydrogen-bond acceptors (Lipinski definition) is 6. The van der Waals surface area contributed by atoms with E-state index in [1.165, 1.54) is 5.56 Å². The summed E-state index contributed by atoms with van der Waals surface area (Å²) in [5.74, 6) is 3.28. The topological polar surface area (TPSA) is 60.4 Å². The van der Waals surface area contributed by atoms with Crippen LogP contribution in [-0.4, -0.2) is 42.8 Å². The highest BCUT2D eigenvalue weighted by Crippen LogP contribution is 2.38. The third-order valence-electron chi connectivity index (χ3n) is 5.33. The van der Waals surface area contributed by atoms with E-state index in [4.69, 9.17) is 18.9 Å². The molecule has 0 unspecified atom stereocenters. The zero-order valence-electron chi connectivity index (χ0n) is 14.4. The van der Waals surface area contributed by atoms with E-state index in [-0.39, 0.29) is 12.7 Å². The van der Waals surface area contributed by atoms with E-state index in [2.05, 4.69) is 11.0 Å². The van der Waals surface area contributed by atoms with E-state index in [1.54, 1.807) is 0 Å². The first-order chi connectivity index (χ1) is 12.8. The second-order valence-electron chi connectivity index (χ2n) is 7.00. The van der Waals surface area contributed by atoms with Crippen molar-refractivity contribution in [3.05, 3.63) is 47.5 Å². The van der Waals surface area contributed by atoms with Gasteiger partial charge in [-0.3, -0.25) is 4.90 Å². The van der Waals surface area contributed by atoms with Gasteiger partial charge in [0.15, 0.2) is 23.0 Å². The van der Waals surface area contributed by atoms with Crippen LogP contribution in [0.4, 0.5) is 0 Å². The molecule has 0 amide bonds. The van der Waals surface area contributed by atoms with Crippen molar-refractivity contribution < 1.29 is 24.1 Å². The minimum atomic E-state index is -0.405. The molecule has 3 aliphatic rings. The molecule has 5 rings (SSSR count). The number of aliphatic hydroxyl groups excluding tert-OH is 1. The molecule has 2 atom stereocenters. The Morgan fingerprint density at radius 1 is 0.885 bits per heavy atom. The lowest BCUT2D eigenvalue weighted by Crippen LogP contribution is -2.42. The molecule has 6 heteroatoms. The van der Waals surface area contributed by atoms with Crippen molar-refractivity contribution in [2.24, 2.45) is 0 Å². The molecular weight excluding hydrogens is 334 g/mol. The lowest BCUT2D eigenvalue weighted by atomic mass is 9.86. The lowest BCUT2D eigenvalue weighted by molar-refractivity contribution is 0.0476. The third kappa shape index (κ3) is 2.85. The van der Waals surface area contributed by atoms with Gasteiger partial charge in [0.2, 0.25) is 13.6 Å². The lowest BCUT2D eigenvalue weighted by Gasteiger charge is -2.36. The van der Waals surface area contributed by atoms with Gasteiger partial charge in [-0.1, -0.05) is 12.1 Å². The fraction of sp³-hybridized carbons (Fsp3) is 0.400. The zero-order valence-corrected chi connectivity index (χ0v) is 14.4. The predicted molar refractivity (Wildman–Crippen MR) is 93.8 cm³/mol. The fourth-order valence-electron chi connectivity index (χ4n) is 3.97. The Bertz CT molecular complexity index is 824. The highest BCUT2D eigenvalue weighted by atomic mass is 16.7. The van der Waals surface area contributed by atoms with Gasteiger partial charge < -0.3 is 24.1 Å². The molecule has 6 nitrogen and oxygen atoms in total. The van der Waals surface area contributed by atoms with E-state index in [9.17, 15) is 5.11 Å². The molecule has 1 fully saturated rings. The maximum atomic E-state index is 10.7.